The van der Waals surface area contributed by atoms with Crippen molar-refractivity contribution in [3.05, 3.63) is 65.7 Å². The number of nitrogens with one attached hydrogen (secondary N) is 3. The number of aromatic amines is 2. The number of methoxy groups -OCH3 is 1. The van der Waals surface area contributed by atoms with Gasteiger partial charge in [-0.3, -0.25) is 9.59 Å². The number of fused-ring (bicyclic) bond motifs is 1. The van der Waals surface area contributed by atoms with Gasteiger partial charge in [0, 0.05) is 40.7 Å². The third-order valence-corrected chi connectivity index (χ3v) is 7.45. The van der Waals surface area contributed by atoms with Gasteiger partial charge in [-0.05, 0) is 55.7 Å². The number of H-pyrrole nitrogens is 2. The molecule has 0 spiro atoms. The van der Waals surface area contributed by atoms with Crippen LogP contribution >= 0.6 is 0 Å². The maximum absolute atomic E-state index is 13.3. The van der Waals surface area contributed by atoms with E-state index in [-0.39, 0.29) is 18.4 Å². The highest BCUT2D eigenvalue weighted by Gasteiger charge is 2.38. The molecule has 0 saturated carbocycles. The second kappa shape index (κ2) is 19.2. The van der Waals surface area contributed by atoms with Crippen molar-refractivity contribution < 1.29 is 60.5 Å². The summed E-state index contributed by atoms with van der Waals surface area (Å²) in [5.74, 6) is -3.84. The molecule has 1 atom stereocenters. The largest absolute Gasteiger partial charge is 0.497 e. The first-order valence-electron chi connectivity index (χ1n) is 15.7. The minimum absolute atomic E-state index is 0.0788. The number of nitrogens with zero attached hydrogens (tertiary/aromatic N) is 1. The van der Waals surface area contributed by atoms with Gasteiger partial charge in [-0.2, -0.15) is 26.3 Å². The number of aromatic nitrogens is 3. The SMILES string of the molecule is CCC(=O)CCCCC[C@H](NC(=O)Cc1c(C)[nH]c2ccc(OC)cc12)c1ncc(-c2cccc(N)c2)[nH]1.O=C(O)C(F)(F)F.O=C(O)C(F)(F)F. The zero-order valence-electron chi connectivity index (χ0n) is 28.4. The summed E-state index contributed by atoms with van der Waals surface area (Å²) in [4.78, 5) is 54.1. The van der Waals surface area contributed by atoms with Crippen molar-refractivity contribution >= 4 is 40.2 Å². The lowest BCUT2D eigenvalue weighted by Gasteiger charge is -2.17. The highest BCUT2D eigenvalue weighted by molar-refractivity contribution is 5.91. The minimum Gasteiger partial charge on any atom is -0.497 e. The zero-order chi connectivity index (χ0) is 39.2. The fourth-order valence-electron chi connectivity index (χ4n) is 4.79. The number of aryl methyl sites for hydroxylation is 1. The molecule has 284 valence electrons. The number of unbranched alkanes of at least 4 members (excludes halogenated alkanes) is 2. The van der Waals surface area contributed by atoms with Crippen LogP contribution in [0, 0.1) is 6.92 Å². The Morgan fingerprint density at radius 1 is 0.942 bits per heavy atom. The van der Waals surface area contributed by atoms with Gasteiger partial charge in [-0.25, -0.2) is 14.6 Å². The Kier molecular flexibility index (Phi) is 15.7. The average Bonchev–Trinajstić information content (AvgIpc) is 3.68. The van der Waals surface area contributed by atoms with Crippen molar-refractivity contribution in [2.24, 2.45) is 0 Å². The third kappa shape index (κ3) is 13.6. The number of halogens is 6. The molecule has 1 amide bonds. The van der Waals surface area contributed by atoms with Crippen molar-refractivity contribution in [1.82, 2.24) is 20.3 Å². The molecule has 2 aromatic carbocycles. The maximum Gasteiger partial charge on any atom is 0.490 e. The predicted molar refractivity (Wildman–Crippen MR) is 178 cm³/mol. The number of hydrogen-bond donors (Lipinski definition) is 6. The van der Waals surface area contributed by atoms with Crippen LogP contribution in [-0.2, 0) is 25.6 Å². The number of imidazole rings is 1. The van der Waals surface area contributed by atoms with E-state index in [1.165, 1.54) is 0 Å². The van der Waals surface area contributed by atoms with Crippen LogP contribution in [0.4, 0.5) is 32.0 Å². The van der Waals surface area contributed by atoms with Crippen molar-refractivity contribution in [2.75, 3.05) is 12.8 Å². The van der Waals surface area contributed by atoms with E-state index in [1.54, 1.807) is 13.3 Å². The van der Waals surface area contributed by atoms with E-state index in [4.69, 9.17) is 30.3 Å². The molecule has 52 heavy (non-hydrogen) atoms. The first kappa shape index (κ1) is 42.6. The van der Waals surface area contributed by atoms with E-state index < -0.39 is 24.3 Å². The second-order valence-corrected chi connectivity index (χ2v) is 11.3. The Morgan fingerprint density at radius 3 is 2.13 bits per heavy atom. The van der Waals surface area contributed by atoms with Crippen LogP contribution in [0.25, 0.3) is 22.2 Å². The van der Waals surface area contributed by atoms with Gasteiger partial charge in [0.05, 0.1) is 31.5 Å². The van der Waals surface area contributed by atoms with Gasteiger partial charge < -0.3 is 36.0 Å². The molecule has 0 aliphatic heterocycles. The first-order valence-corrected chi connectivity index (χ1v) is 15.7. The van der Waals surface area contributed by atoms with Crippen LogP contribution in [0.3, 0.4) is 0 Å². The van der Waals surface area contributed by atoms with Gasteiger partial charge in [0.15, 0.2) is 0 Å². The molecule has 0 fully saturated rings. The summed E-state index contributed by atoms with van der Waals surface area (Å²) in [6, 6.07) is 13.2. The van der Waals surface area contributed by atoms with Gasteiger partial charge in [0.2, 0.25) is 5.91 Å². The molecule has 0 aliphatic carbocycles. The third-order valence-electron chi connectivity index (χ3n) is 7.45. The number of ketones is 1. The normalized spacial score (nSPS) is 11.8. The lowest BCUT2D eigenvalue weighted by atomic mass is 10.0. The minimum atomic E-state index is -5.08. The maximum atomic E-state index is 13.3. The van der Waals surface area contributed by atoms with Gasteiger partial charge in [-0.15, -0.1) is 0 Å². The predicted octanol–water partition coefficient (Wildman–Crippen LogP) is 7.05. The van der Waals surface area contributed by atoms with Gasteiger partial charge in [-0.1, -0.05) is 31.9 Å². The van der Waals surface area contributed by atoms with Crippen molar-refractivity contribution in [2.45, 2.75) is 77.2 Å². The number of carbonyl (C=O) groups excluding carboxylic acids is 2. The summed E-state index contributed by atoms with van der Waals surface area (Å²) in [5.41, 5.74) is 11.3. The fraction of sp³-hybridized carbons (Fsp3) is 0.382. The number of ether oxygens (including phenoxy) is 1. The van der Waals surface area contributed by atoms with Crippen molar-refractivity contribution in [3.63, 3.8) is 0 Å². The summed E-state index contributed by atoms with van der Waals surface area (Å²) in [5, 5.41) is 18.4. The number of carboxylic acids is 2. The molecule has 2 aromatic heterocycles. The number of carbonyl (C=O) groups is 4. The molecule has 0 bridgehead atoms. The van der Waals surface area contributed by atoms with Crippen LogP contribution in [0.5, 0.6) is 5.75 Å². The number of benzene rings is 2. The van der Waals surface area contributed by atoms with E-state index >= 15 is 0 Å². The monoisotopic (exact) mass is 743 g/mol. The fourth-order valence-corrected chi connectivity index (χ4v) is 4.79. The molecule has 4 aromatic rings. The molecule has 18 heteroatoms. The van der Waals surface area contributed by atoms with E-state index in [1.807, 2.05) is 56.3 Å². The molecule has 0 radical (unpaired) electrons. The number of anilines is 1. The molecule has 0 aliphatic rings. The Bertz CT molecular complexity index is 1790. The van der Waals surface area contributed by atoms with E-state index in [9.17, 15) is 35.9 Å². The van der Waals surface area contributed by atoms with Crippen molar-refractivity contribution in [1.29, 1.82) is 0 Å². The Balaban J connectivity index is 0.000000564. The molecule has 12 nitrogen and oxygen atoms in total. The van der Waals surface area contributed by atoms with E-state index in [2.05, 4.69) is 20.3 Å². The number of alkyl halides is 6. The Hall–Kier alpha value is -5.55. The lowest BCUT2D eigenvalue weighted by molar-refractivity contribution is -0.193. The smallest absolute Gasteiger partial charge is 0.490 e. The Morgan fingerprint density at radius 2 is 1.58 bits per heavy atom. The summed E-state index contributed by atoms with van der Waals surface area (Å²) < 4.78 is 68.9. The molecular weight excluding hydrogens is 704 g/mol. The van der Waals surface area contributed by atoms with E-state index in [0.29, 0.717) is 30.1 Å². The number of aliphatic carboxylic acids is 2. The highest BCUT2D eigenvalue weighted by atomic mass is 19.4. The molecule has 0 unspecified atom stereocenters. The van der Waals surface area contributed by atoms with Crippen LogP contribution in [0.2, 0.25) is 0 Å². The van der Waals surface area contributed by atoms with Crippen LogP contribution in [-0.4, -0.2) is 68.3 Å². The van der Waals surface area contributed by atoms with Crippen molar-refractivity contribution in [3.8, 4) is 17.0 Å². The number of amides is 1. The highest BCUT2D eigenvalue weighted by Crippen LogP contribution is 2.28. The van der Waals surface area contributed by atoms with Gasteiger partial charge in [0.25, 0.3) is 0 Å². The summed E-state index contributed by atoms with van der Waals surface area (Å²) in [7, 11) is 1.64. The quantitative estimate of drug-likeness (QED) is 0.0471. The zero-order valence-corrected chi connectivity index (χ0v) is 28.4. The summed E-state index contributed by atoms with van der Waals surface area (Å²) in [6.45, 7) is 3.88. The number of nitrogen functional groups attached to an aromatic ring is 1. The van der Waals surface area contributed by atoms with E-state index in [0.717, 1.165) is 64.9 Å². The number of rotatable bonds is 13. The topological polar surface area (TPSA) is 200 Å². The number of carboxylic acid groups (broad SMARTS) is 2. The molecular formula is C34H39F6N5O7. The molecule has 4 rings (SSSR count). The Labute approximate surface area is 293 Å². The number of Topliss-reactive ketones (excluding diaryl/α,β-unsaturated/α-hetero) is 1. The number of nitrogens with two attached hydrogens (primary N) is 1. The van der Waals surface area contributed by atoms with Gasteiger partial charge in [0.1, 0.15) is 17.4 Å². The van der Waals surface area contributed by atoms with Gasteiger partial charge >= 0.3 is 24.3 Å². The molecule has 2 heterocycles. The van der Waals surface area contributed by atoms with Crippen LogP contribution in [0.1, 0.15) is 68.6 Å². The summed E-state index contributed by atoms with van der Waals surface area (Å²) >= 11 is 0. The number of hydrogen-bond acceptors (Lipinski definition) is 7. The lowest BCUT2D eigenvalue weighted by Crippen LogP contribution is -2.30. The first-order chi connectivity index (χ1) is 24.3. The molecule has 0 saturated heterocycles. The molecule has 7 N–H and O–H groups in total. The average molecular weight is 744 g/mol. The van der Waals surface area contributed by atoms with Crippen LogP contribution in [0.15, 0.2) is 48.7 Å². The second-order valence-electron chi connectivity index (χ2n) is 11.3. The standard InChI is InChI=1S/C30H37N5O3.2C2HF3O2/c1-4-22(36)11-6-5-7-12-27(30-32-18-28(35-30)20-9-8-10-21(31)15-20)34-29(37)17-24-19(2)33-26-14-13-23(38-3)16-25(24)26;2*3-2(4,5)1(6)7/h8-10,13-16,18,27,33H,4-7,11-12,17,31H2,1-3H3,(H,32,35)(H,34,37);2*(H,6,7)/t27-;;/m0../s1. The van der Waals surface area contributed by atoms with Crippen LogP contribution < -0.4 is 15.8 Å². The summed E-state index contributed by atoms with van der Waals surface area (Å²) in [6.07, 6.45) is -3.59.